The van der Waals surface area contributed by atoms with Crippen LogP contribution in [-0.4, -0.2) is 15.6 Å². The van der Waals surface area contributed by atoms with Crippen LogP contribution >= 0.6 is 0 Å². The Bertz CT molecular complexity index is 567. The van der Waals surface area contributed by atoms with Crippen molar-refractivity contribution in [3.8, 4) is 0 Å². The fraction of sp³-hybridized carbons (Fsp3) is 0.357. The van der Waals surface area contributed by atoms with Crippen molar-refractivity contribution in [1.29, 1.82) is 0 Å². The summed E-state index contributed by atoms with van der Waals surface area (Å²) in [6.07, 6.45) is 2.18. The van der Waals surface area contributed by atoms with E-state index in [2.05, 4.69) is 6.07 Å². The third kappa shape index (κ3) is 2.05. The zero-order valence-corrected chi connectivity index (χ0v) is 10.4. The van der Waals surface area contributed by atoms with E-state index in [1.54, 1.807) is 0 Å². The van der Waals surface area contributed by atoms with Gasteiger partial charge in [-0.05, 0) is 11.6 Å². The largest absolute Gasteiger partial charge is 0.481 e. The van der Waals surface area contributed by atoms with Gasteiger partial charge >= 0.3 is 5.97 Å². The summed E-state index contributed by atoms with van der Waals surface area (Å²) in [5, 5.41) is 10.1. The first kappa shape index (κ1) is 11.7. The molecule has 0 amide bonds. The molecule has 0 aliphatic carbocycles. The van der Waals surface area contributed by atoms with E-state index in [0.29, 0.717) is 0 Å². The average molecular weight is 231 g/mol. The van der Waals surface area contributed by atoms with Crippen molar-refractivity contribution in [1.82, 2.24) is 4.57 Å². The molecular formula is C14H17NO2. The summed E-state index contributed by atoms with van der Waals surface area (Å²) in [7, 11) is 1.99. The van der Waals surface area contributed by atoms with Crippen molar-refractivity contribution >= 4 is 16.9 Å². The number of hydrogen-bond acceptors (Lipinski definition) is 1. The predicted octanol–water partition coefficient (Wildman–Crippen LogP) is 2.93. The summed E-state index contributed by atoms with van der Waals surface area (Å²) >= 11 is 0. The molecule has 0 bridgehead atoms. The van der Waals surface area contributed by atoms with Crippen LogP contribution in [0.4, 0.5) is 0 Å². The number of aliphatic carboxylic acids is 1. The van der Waals surface area contributed by atoms with Crippen molar-refractivity contribution in [2.75, 3.05) is 0 Å². The Morgan fingerprint density at radius 3 is 2.65 bits per heavy atom. The van der Waals surface area contributed by atoms with E-state index in [9.17, 15) is 4.79 Å². The number of carboxylic acids is 1. The number of rotatable bonds is 3. The molecule has 0 spiro atoms. The Hall–Kier alpha value is -1.77. The van der Waals surface area contributed by atoms with Crippen LogP contribution in [0.1, 0.15) is 25.8 Å². The monoisotopic (exact) mass is 231 g/mol. The van der Waals surface area contributed by atoms with Crippen molar-refractivity contribution < 1.29 is 9.90 Å². The van der Waals surface area contributed by atoms with Crippen LogP contribution in [0.25, 0.3) is 10.9 Å². The lowest BCUT2D eigenvalue weighted by Gasteiger charge is -2.21. The highest BCUT2D eigenvalue weighted by Gasteiger charge is 2.27. The minimum Gasteiger partial charge on any atom is -0.481 e. The molecule has 0 saturated heterocycles. The van der Waals surface area contributed by atoms with Gasteiger partial charge in [0.05, 0.1) is 6.42 Å². The summed E-state index contributed by atoms with van der Waals surface area (Å²) in [4.78, 5) is 10.9. The van der Waals surface area contributed by atoms with Crippen LogP contribution in [-0.2, 0) is 17.3 Å². The van der Waals surface area contributed by atoms with Gasteiger partial charge in [-0.1, -0.05) is 32.0 Å². The van der Waals surface area contributed by atoms with Gasteiger partial charge in [0, 0.05) is 29.6 Å². The number of benzene rings is 1. The quantitative estimate of drug-likeness (QED) is 0.882. The molecule has 0 atom stereocenters. The van der Waals surface area contributed by atoms with Gasteiger partial charge in [0.2, 0.25) is 0 Å². The first-order valence-electron chi connectivity index (χ1n) is 5.68. The molecule has 90 valence electrons. The van der Waals surface area contributed by atoms with Gasteiger partial charge in [-0.15, -0.1) is 0 Å². The van der Waals surface area contributed by atoms with Crippen LogP contribution in [0.15, 0.2) is 30.5 Å². The van der Waals surface area contributed by atoms with Crippen molar-refractivity contribution in [2.24, 2.45) is 7.05 Å². The number of aryl methyl sites for hydroxylation is 1. The van der Waals surface area contributed by atoms with Gasteiger partial charge in [0.15, 0.2) is 0 Å². The molecule has 3 heteroatoms. The normalized spacial score (nSPS) is 11.9. The maximum atomic E-state index is 10.9. The highest BCUT2D eigenvalue weighted by Crippen LogP contribution is 2.33. The molecule has 3 nitrogen and oxygen atoms in total. The molecule has 0 saturated carbocycles. The standard InChI is InChI=1S/C14H17NO2/c1-14(2,8-13(16)17)11-9-15(3)12-7-5-4-6-10(11)12/h4-7,9H,8H2,1-3H3,(H,16,17). The molecule has 0 fully saturated rings. The highest BCUT2D eigenvalue weighted by atomic mass is 16.4. The second-order valence-corrected chi connectivity index (χ2v) is 5.13. The molecule has 1 N–H and O–H groups in total. The second-order valence-electron chi connectivity index (χ2n) is 5.13. The van der Waals surface area contributed by atoms with Crippen LogP contribution in [0.3, 0.4) is 0 Å². The number of carboxylic acid groups (broad SMARTS) is 1. The second kappa shape index (κ2) is 3.91. The molecule has 17 heavy (non-hydrogen) atoms. The maximum absolute atomic E-state index is 10.9. The SMILES string of the molecule is Cn1cc(C(C)(C)CC(=O)O)c2ccccc21. The maximum Gasteiger partial charge on any atom is 0.304 e. The summed E-state index contributed by atoms with van der Waals surface area (Å²) < 4.78 is 2.05. The summed E-state index contributed by atoms with van der Waals surface area (Å²) in [5.41, 5.74) is 1.88. The van der Waals surface area contributed by atoms with Gasteiger partial charge in [-0.3, -0.25) is 4.79 Å². The Kier molecular flexibility index (Phi) is 2.69. The average Bonchev–Trinajstić information content (AvgIpc) is 2.56. The zero-order chi connectivity index (χ0) is 12.6. The first-order valence-corrected chi connectivity index (χ1v) is 5.68. The third-order valence-electron chi connectivity index (χ3n) is 3.22. The molecule has 0 aliphatic heterocycles. The van der Waals surface area contributed by atoms with E-state index in [0.717, 1.165) is 16.5 Å². The summed E-state index contributed by atoms with van der Waals surface area (Å²) in [6.45, 7) is 3.95. The van der Waals surface area contributed by atoms with Crippen LogP contribution in [0.2, 0.25) is 0 Å². The van der Waals surface area contributed by atoms with Gasteiger partial charge in [0.25, 0.3) is 0 Å². The molecule has 0 aliphatic rings. The van der Waals surface area contributed by atoms with Gasteiger partial charge in [-0.25, -0.2) is 0 Å². The van der Waals surface area contributed by atoms with Crippen molar-refractivity contribution in [3.05, 3.63) is 36.0 Å². The fourth-order valence-corrected chi connectivity index (χ4v) is 2.35. The topological polar surface area (TPSA) is 42.2 Å². The molecule has 2 rings (SSSR count). The summed E-state index contributed by atoms with van der Waals surface area (Å²) in [6, 6.07) is 8.09. The van der Waals surface area contributed by atoms with E-state index >= 15 is 0 Å². The van der Waals surface area contributed by atoms with Crippen LogP contribution < -0.4 is 0 Å². The lowest BCUT2D eigenvalue weighted by atomic mass is 9.81. The third-order valence-corrected chi connectivity index (χ3v) is 3.22. The van der Waals surface area contributed by atoms with Gasteiger partial charge in [-0.2, -0.15) is 0 Å². The minimum atomic E-state index is -0.761. The molecule has 1 aromatic heterocycles. The van der Waals surface area contributed by atoms with Crippen LogP contribution in [0.5, 0.6) is 0 Å². The molecule has 1 heterocycles. The Balaban J connectivity index is 2.59. The van der Waals surface area contributed by atoms with E-state index < -0.39 is 5.97 Å². The Morgan fingerprint density at radius 2 is 2.00 bits per heavy atom. The number of hydrogen-bond donors (Lipinski definition) is 1. The predicted molar refractivity (Wildman–Crippen MR) is 68.2 cm³/mol. The van der Waals surface area contributed by atoms with Crippen molar-refractivity contribution in [2.45, 2.75) is 25.7 Å². The van der Waals surface area contributed by atoms with E-state index in [-0.39, 0.29) is 11.8 Å². The van der Waals surface area contributed by atoms with Crippen LogP contribution in [0, 0.1) is 0 Å². The number of para-hydroxylation sites is 1. The number of fused-ring (bicyclic) bond motifs is 1. The smallest absolute Gasteiger partial charge is 0.304 e. The van der Waals surface area contributed by atoms with Gasteiger partial charge in [0.1, 0.15) is 0 Å². The fourth-order valence-electron chi connectivity index (χ4n) is 2.35. The van der Waals surface area contributed by atoms with E-state index in [1.165, 1.54) is 0 Å². The summed E-state index contributed by atoms with van der Waals surface area (Å²) in [5.74, 6) is -0.761. The van der Waals surface area contributed by atoms with Crippen molar-refractivity contribution in [3.63, 3.8) is 0 Å². The molecule has 0 radical (unpaired) electrons. The lowest BCUT2D eigenvalue weighted by molar-refractivity contribution is -0.138. The molecular weight excluding hydrogens is 214 g/mol. The zero-order valence-electron chi connectivity index (χ0n) is 10.4. The number of aromatic nitrogens is 1. The lowest BCUT2D eigenvalue weighted by Crippen LogP contribution is -2.21. The van der Waals surface area contributed by atoms with E-state index in [4.69, 9.17) is 5.11 Å². The van der Waals surface area contributed by atoms with Gasteiger partial charge < -0.3 is 9.67 Å². The highest BCUT2D eigenvalue weighted by molar-refractivity contribution is 5.85. The number of nitrogens with zero attached hydrogens (tertiary/aromatic N) is 1. The molecule has 0 unspecified atom stereocenters. The first-order chi connectivity index (χ1) is 7.92. The number of carbonyl (C=O) groups is 1. The Morgan fingerprint density at radius 1 is 1.35 bits per heavy atom. The Labute approximate surface area is 101 Å². The minimum absolute atomic E-state index is 0.140. The molecule has 2 aromatic rings. The molecule has 1 aromatic carbocycles. The van der Waals surface area contributed by atoms with E-state index in [1.807, 2.05) is 49.9 Å².